The van der Waals surface area contributed by atoms with E-state index in [-0.39, 0.29) is 10.6 Å². The van der Waals surface area contributed by atoms with Gasteiger partial charge in [-0.25, -0.2) is 0 Å². The van der Waals surface area contributed by atoms with Gasteiger partial charge in [0.1, 0.15) is 5.78 Å². The smallest absolute Gasteiger partial charge is 0.147 e. The SMILES string of the molecule is CC(=O)C(Br)c1cccc(CCl)c1N. The molecule has 0 aliphatic carbocycles. The fourth-order valence-corrected chi connectivity index (χ4v) is 1.82. The van der Waals surface area contributed by atoms with Crippen molar-refractivity contribution in [3.05, 3.63) is 29.3 Å². The third-order valence-electron chi connectivity index (χ3n) is 2.00. The third kappa shape index (κ3) is 2.28. The van der Waals surface area contributed by atoms with Gasteiger partial charge in [-0.05, 0) is 18.1 Å². The van der Waals surface area contributed by atoms with E-state index in [1.807, 2.05) is 18.2 Å². The number of halogens is 2. The summed E-state index contributed by atoms with van der Waals surface area (Å²) in [6.07, 6.45) is 0. The first-order chi connectivity index (χ1) is 6.57. The number of nitrogens with two attached hydrogens (primary N) is 1. The lowest BCUT2D eigenvalue weighted by atomic mass is 10.0. The number of nitrogen functional groups attached to an aromatic ring is 1. The maximum absolute atomic E-state index is 11.2. The number of alkyl halides is 2. The van der Waals surface area contributed by atoms with E-state index in [1.54, 1.807) is 0 Å². The zero-order chi connectivity index (χ0) is 10.7. The summed E-state index contributed by atoms with van der Waals surface area (Å²) >= 11 is 9.00. The molecule has 0 fully saturated rings. The summed E-state index contributed by atoms with van der Waals surface area (Å²) in [6.45, 7) is 1.52. The molecule has 0 radical (unpaired) electrons. The van der Waals surface area contributed by atoms with Crippen molar-refractivity contribution in [2.24, 2.45) is 0 Å². The van der Waals surface area contributed by atoms with Crippen molar-refractivity contribution >= 4 is 39.0 Å². The Balaban J connectivity index is 3.15. The average Bonchev–Trinajstić information content (AvgIpc) is 2.17. The molecule has 1 aromatic rings. The first kappa shape index (κ1) is 11.5. The number of hydrogen-bond acceptors (Lipinski definition) is 2. The van der Waals surface area contributed by atoms with Crippen LogP contribution in [-0.2, 0) is 10.7 Å². The molecule has 0 aliphatic heterocycles. The van der Waals surface area contributed by atoms with Crippen molar-refractivity contribution in [2.75, 3.05) is 5.73 Å². The second-order valence-electron chi connectivity index (χ2n) is 3.03. The number of ketones is 1. The van der Waals surface area contributed by atoms with Crippen LogP contribution in [-0.4, -0.2) is 5.78 Å². The quantitative estimate of drug-likeness (QED) is 0.681. The van der Waals surface area contributed by atoms with Gasteiger partial charge < -0.3 is 5.73 Å². The molecule has 0 saturated heterocycles. The molecule has 0 bridgehead atoms. The van der Waals surface area contributed by atoms with Gasteiger partial charge in [-0.1, -0.05) is 34.1 Å². The molecule has 0 aliphatic rings. The van der Waals surface area contributed by atoms with E-state index in [0.29, 0.717) is 11.6 Å². The van der Waals surface area contributed by atoms with E-state index in [1.165, 1.54) is 6.92 Å². The fraction of sp³-hybridized carbons (Fsp3) is 0.300. The largest absolute Gasteiger partial charge is 0.398 e. The summed E-state index contributed by atoms with van der Waals surface area (Å²) in [5.74, 6) is 0.389. The lowest BCUT2D eigenvalue weighted by molar-refractivity contribution is -0.116. The van der Waals surface area contributed by atoms with Gasteiger partial charge in [0.05, 0.1) is 4.83 Å². The molecule has 2 N–H and O–H groups in total. The highest BCUT2D eigenvalue weighted by Gasteiger charge is 2.16. The van der Waals surface area contributed by atoms with Crippen molar-refractivity contribution in [3.8, 4) is 0 Å². The van der Waals surface area contributed by atoms with E-state index in [4.69, 9.17) is 17.3 Å². The van der Waals surface area contributed by atoms with Crippen LogP contribution in [0.2, 0.25) is 0 Å². The number of carbonyl (C=O) groups excluding carboxylic acids is 1. The van der Waals surface area contributed by atoms with Crippen LogP contribution in [0.15, 0.2) is 18.2 Å². The summed E-state index contributed by atoms with van der Waals surface area (Å²) in [5.41, 5.74) is 8.11. The molecule has 1 aromatic carbocycles. The molecule has 4 heteroatoms. The molecule has 0 spiro atoms. The molecule has 0 amide bonds. The molecule has 0 aromatic heterocycles. The average molecular weight is 277 g/mol. The first-order valence-electron chi connectivity index (χ1n) is 4.15. The zero-order valence-corrected chi connectivity index (χ0v) is 10.1. The van der Waals surface area contributed by atoms with Gasteiger partial charge >= 0.3 is 0 Å². The van der Waals surface area contributed by atoms with Crippen LogP contribution in [0.25, 0.3) is 0 Å². The molecular formula is C10H11BrClNO. The molecule has 2 nitrogen and oxygen atoms in total. The Labute approximate surface area is 96.6 Å². The Kier molecular flexibility index (Phi) is 3.96. The van der Waals surface area contributed by atoms with Gasteiger partial charge in [0.25, 0.3) is 0 Å². The van der Waals surface area contributed by atoms with Crippen LogP contribution < -0.4 is 5.73 Å². The summed E-state index contributed by atoms with van der Waals surface area (Å²) < 4.78 is 0. The summed E-state index contributed by atoms with van der Waals surface area (Å²) in [7, 11) is 0. The summed E-state index contributed by atoms with van der Waals surface area (Å²) in [5, 5.41) is 0. The van der Waals surface area contributed by atoms with Crippen molar-refractivity contribution in [1.82, 2.24) is 0 Å². The van der Waals surface area contributed by atoms with Crippen LogP contribution in [0.5, 0.6) is 0 Å². The number of Topliss-reactive ketones (excluding diaryl/α,β-unsaturated/α-hetero) is 1. The number of para-hydroxylation sites is 1. The molecule has 1 unspecified atom stereocenters. The Hall–Kier alpha value is -0.540. The van der Waals surface area contributed by atoms with Crippen LogP contribution in [0, 0.1) is 0 Å². The highest BCUT2D eigenvalue weighted by Crippen LogP contribution is 2.31. The normalized spacial score (nSPS) is 12.5. The predicted molar refractivity (Wildman–Crippen MR) is 62.8 cm³/mol. The van der Waals surface area contributed by atoms with Crippen molar-refractivity contribution in [1.29, 1.82) is 0 Å². The van der Waals surface area contributed by atoms with Crippen LogP contribution in [0.1, 0.15) is 22.9 Å². The van der Waals surface area contributed by atoms with Gasteiger partial charge in [-0.15, -0.1) is 11.6 Å². The second kappa shape index (κ2) is 4.80. The molecule has 1 atom stereocenters. The van der Waals surface area contributed by atoms with E-state index in [0.717, 1.165) is 11.1 Å². The standard InChI is InChI=1S/C10H11BrClNO/c1-6(14)9(11)8-4-2-3-7(5-12)10(8)13/h2-4,9H,5,13H2,1H3. The second-order valence-corrected chi connectivity index (χ2v) is 4.21. The van der Waals surface area contributed by atoms with Gasteiger partial charge in [-0.2, -0.15) is 0 Å². The first-order valence-corrected chi connectivity index (χ1v) is 5.60. The zero-order valence-electron chi connectivity index (χ0n) is 7.76. The van der Waals surface area contributed by atoms with Gasteiger partial charge in [-0.3, -0.25) is 4.79 Å². The number of benzene rings is 1. The van der Waals surface area contributed by atoms with Crippen molar-refractivity contribution in [2.45, 2.75) is 17.6 Å². The number of carbonyl (C=O) groups is 1. The Bertz CT molecular complexity index is 354. The Morgan fingerprint density at radius 2 is 2.29 bits per heavy atom. The van der Waals surface area contributed by atoms with Gasteiger partial charge in [0, 0.05) is 11.6 Å². The van der Waals surface area contributed by atoms with E-state index >= 15 is 0 Å². The predicted octanol–water partition coefficient (Wildman–Crippen LogP) is 3.03. The highest BCUT2D eigenvalue weighted by molar-refractivity contribution is 9.09. The summed E-state index contributed by atoms with van der Waals surface area (Å²) in [6, 6.07) is 5.53. The van der Waals surface area contributed by atoms with Gasteiger partial charge in [0.15, 0.2) is 0 Å². The van der Waals surface area contributed by atoms with E-state index in [2.05, 4.69) is 15.9 Å². The maximum Gasteiger partial charge on any atom is 0.147 e. The number of hydrogen-bond donors (Lipinski definition) is 1. The molecule has 0 saturated carbocycles. The van der Waals surface area contributed by atoms with E-state index in [9.17, 15) is 4.79 Å². The topological polar surface area (TPSA) is 43.1 Å². The molecule has 1 rings (SSSR count). The minimum atomic E-state index is -0.342. The third-order valence-corrected chi connectivity index (χ3v) is 3.43. The Morgan fingerprint density at radius 1 is 1.64 bits per heavy atom. The molecule has 14 heavy (non-hydrogen) atoms. The lowest BCUT2D eigenvalue weighted by Gasteiger charge is -2.12. The van der Waals surface area contributed by atoms with Crippen LogP contribution >= 0.6 is 27.5 Å². The summed E-state index contributed by atoms with van der Waals surface area (Å²) in [4.78, 5) is 10.8. The minimum absolute atomic E-state index is 0.0309. The monoisotopic (exact) mass is 275 g/mol. The Morgan fingerprint density at radius 3 is 2.79 bits per heavy atom. The minimum Gasteiger partial charge on any atom is -0.398 e. The molecule has 0 heterocycles. The van der Waals surface area contributed by atoms with Gasteiger partial charge in [0.2, 0.25) is 0 Å². The number of rotatable bonds is 3. The lowest BCUT2D eigenvalue weighted by Crippen LogP contribution is -2.06. The van der Waals surface area contributed by atoms with Crippen LogP contribution in [0.3, 0.4) is 0 Å². The number of anilines is 1. The van der Waals surface area contributed by atoms with Crippen LogP contribution in [0.4, 0.5) is 5.69 Å². The van der Waals surface area contributed by atoms with E-state index < -0.39 is 0 Å². The van der Waals surface area contributed by atoms with Crippen molar-refractivity contribution in [3.63, 3.8) is 0 Å². The highest BCUT2D eigenvalue weighted by atomic mass is 79.9. The van der Waals surface area contributed by atoms with Crippen molar-refractivity contribution < 1.29 is 4.79 Å². The molecule has 76 valence electrons. The fourth-order valence-electron chi connectivity index (χ4n) is 1.19. The molecular weight excluding hydrogens is 265 g/mol. The maximum atomic E-state index is 11.2.